The Morgan fingerprint density at radius 2 is 1.95 bits per heavy atom. The number of amides is 2. The van der Waals surface area contributed by atoms with Crippen molar-refractivity contribution in [1.82, 2.24) is 14.8 Å². The fraction of sp³-hybridized carbons (Fsp3) is 0.462. The maximum Gasteiger partial charge on any atom is 0.325 e. The van der Waals surface area contributed by atoms with Crippen LogP contribution in [0.4, 0.5) is 10.6 Å². The Hall–Kier alpha value is -2.13. The first kappa shape index (κ1) is 14.9. The molecular weight excluding hydrogens is 242 g/mol. The first-order chi connectivity index (χ1) is 8.95. The molecule has 0 atom stereocenters. The van der Waals surface area contributed by atoms with Gasteiger partial charge in [-0.15, -0.1) is 0 Å². The van der Waals surface area contributed by atoms with Gasteiger partial charge in [-0.25, -0.2) is 9.78 Å². The molecule has 0 aliphatic carbocycles. The van der Waals surface area contributed by atoms with Gasteiger partial charge < -0.3 is 9.80 Å². The van der Waals surface area contributed by atoms with Crippen LogP contribution in [-0.4, -0.2) is 62.1 Å². The second kappa shape index (κ2) is 6.71. The van der Waals surface area contributed by atoms with Crippen LogP contribution in [0.15, 0.2) is 18.2 Å². The summed E-state index contributed by atoms with van der Waals surface area (Å²) in [7, 11) is 7.27. The second-order valence-electron chi connectivity index (χ2n) is 4.62. The molecule has 0 aliphatic rings. The molecule has 102 valence electrons. The zero-order valence-corrected chi connectivity index (χ0v) is 11.8. The van der Waals surface area contributed by atoms with E-state index in [2.05, 4.69) is 4.98 Å². The summed E-state index contributed by atoms with van der Waals surface area (Å²) in [4.78, 5) is 21.4. The molecule has 1 aromatic heterocycles. The SMILES string of the molecule is CN(C)CCN(C(=O)N(C)C)c1cccc(C#N)n1. The second-order valence-corrected chi connectivity index (χ2v) is 4.62. The van der Waals surface area contributed by atoms with Crippen molar-refractivity contribution >= 4 is 11.8 Å². The minimum Gasteiger partial charge on any atom is -0.330 e. The lowest BCUT2D eigenvalue weighted by Crippen LogP contribution is -2.43. The molecule has 0 unspecified atom stereocenters. The predicted octanol–water partition coefficient (Wildman–Crippen LogP) is 1.00. The smallest absolute Gasteiger partial charge is 0.325 e. The van der Waals surface area contributed by atoms with Crippen molar-refractivity contribution in [2.45, 2.75) is 0 Å². The molecule has 1 heterocycles. The van der Waals surface area contributed by atoms with E-state index in [0.717, 1.165) is 6.54 Å². The average Bonchev–Trinajstić information content (AvgIpc) is 2.38. The van der Waals surface area contributed by atoms with Crippen LogP contribution in [0, 0.1) is 11.3 Å². The topological polar surface area (TPSA) is 63.5 Å². The number of carbonyl (C=O) groups excluding carboxylic acids is 1. The number of likely N-dealkylation sites (N-methyl/N-ethyl adjacent to an activating group) is 1. The van der Waals surface area contributed by atoms with Gasteiger partial charge in [-0.05, 0) is 26.2 Å². The molecule has 0 saturated heterocycles. The minimum atomic E-state index is -0.149. The summed E-state index contributed by atoms with van der Waals surface area (Å²) in [6, 6.07) is 6.91. The highest BCUT2D eigenvalue weighted by Crippen LogP contribution is 2.12. The Kier molecular flexibility index (Phi) is 5.27. The van der Waals surface area contributed by atoms with E-state index in [1.54, 1.807) is 37.2 Å². The van der Waals surface area contributed by atoms with Crippen LogP contribution in [-0.2, 0) is 0 Å². The van der Waals surface area contributed by atoms with Crippen LogP contribution in [0.25, 0.3) is 0 Å². The average molecular weight is 261 g/mol. The maximum atomic E-state index is 12.2. The number of pyridine rings is 1. The number of hydrogen-bond acceptors (Lipinski definition) is 4. The Morgan fingerprint density at radius 1 is 1.26 bits per heavy atom. The molecule has 0 N–H and O–H groups in total. The number of aromatic nitrogens is 1. The van der Waals surface area contributed by atoms with Crippen molar-refractivity contribution in [3.05, 3.63) is 23.9 Å². The Labute approximate surface area is 113 Å². The molecular formula is C13H19N5O. The van der Waals surface area contributed by atoms with Gasteiger partial charge in [-0.3, -0.25) is 4.90 Å². The summed E-state index contributed by atoms with van der Waals surface area (Å²) in [6.07, 6.45) is 0. The summed E-state index contributed by atoms with van der Waals surface area (Å²) in [6.45, 7) is 1.24. The van der Waals surface area contributed by atoms with Gasteiger partial charge in [-0.1, -0.05) is 6.07 Å². The lowest BCUT2D eigenvalue weighted by atomic mass is 10.3. The fourth-order valence-electron chi connectivity index (χ4n) is 1.49. The van der Waals surface area contributed by atoms with Gasteiger partial charge in [0.2, 0.25) is 0 Å². The van der Waals surface area contributed by atoms with E-state index < -0.39 is 0 Å². The number of hydrogen-bond donors (Lipinski definition) is 0. The number of urea groups is 1. The third kappa shape index (κ3) is 4.23. The highest BCUT2D eigenvalue weighted by molar-refractivity contribution is 5.90. The van der Waals surface area contributed by atoms with Crippen molar-refractivity contribution in [3.63, 3.8) is 0 Å². The fourth-order valence-corrected chi connectivity index (χ4v) is 1.49. The highest BCUT2D eigenvalue weighted by Gasteiger charge is 2.18. The van der Waals surface area contributed by atoms with Crippen LogP contribution >= 0.6 is 0 Å². The number of anilines is 1. The van der Waals surface area contributed by atoms with Gasteiger partial charge in [0.15, 0.2) is 0 Å². The van der Waals surface area contributed by atoms with Crippen molar-refractivity contribution in [3.8, 4) is 6.07 Å². The molecule has 6 heteroatoms. The molecule has 0 fully saturated rings. The van der Waals surface area contributed by atoms with E-state index in [-0.39, 0.29) is 6.03 Å². The van der Waals surface area contributed by atoms with E-state index in [4.69, 9.17) is 5.26 Å². The molecule has 6 nitrogen and oxygen atoms in total. The van der Waals surface area contributed by atoms with Crippen molar-refractivity contribution in [2.75, 3.05) is 46.2 Å². The lowest BCUT2D eigenvalue weighted by Gasteiger charge is -2.26. The van der Waals surface area contributed by atoms with Gasteiger partial charge in [0, 0.05) is 27.2 Å². The van der Waals surface area contributed by atoms with E-state index >= 15 is 0 Å². The van der Waals surface area contributed by atoms with Gasteiger partial charge in [0.05, 0.1) is 0 Å². The molecule has 0 bridgehead atoms. The summed E-state index contributed by atoms with van der Waals surface area (Å²) in [5.41, 5.74) is 0.305. The molecule has 19 heavy (non-hydrogen) atoms. The summed E-state index contributed by atoms with van der Waals surface area (Å²) in [5, 5.41) is 8.88. The monoisotopic (exact) mass is 261 g/mol. The van der Waals surface area contributed by atoms with E-state index in [1.807, 2.05) is 25.1 Å². The first-order valence-corrected chi connectivity index (χ1v) is 5.96. The number of rotatable bonds is 4. The summed E-state index contributed by atoms with van der Waals surface area (Å²) in [5.74, 6) is 0.500. The minimum absolute atomic E-state index is 0.149. The van der Waals surface area contributed by atoms with Crippen LogP contribution in [0.1, 0.15) is 5.69 Å². The Balaban J connectivity index is 3.01. The molecule has 1 aromatic rings. The highest BCUT2D eigenvalue weighted by atomic mass is 16.2. The molecule has 0 aromatic carbocycles. The van der Waals surface area contributed by atoms with Crippen LogP contribution in [0.5, 0.6) is 0 Å². The predicted molar refractivity (Wildman–Crippen MR) is 73.9 cm³/mol. The number of nitrogens with zero attached hydrogens (tertiary/aromatic N) is 5. The molecule has 1 rings (SSSR count). The molecule has 2 amide bonds. The van der Waals surface area contributed by atoms with E-state index in [1.165, 1.54) is 4.90 Å². The number of carbonyl (C=O) groups is 1. The molecule has 0 saturated carbocycles. The van der Waals surface area contributed by atoms with Crippen LogP contribution < -0.4 is 4.90 Å². The number of nitriles is 1. The van der Waals surface area contributed by atoms with Crippen LogP contribution in [0.3, 0.4) is 0 Å². The third-order valence-corrected chi connectivity index (χ3v) is 2.51. The standard InChI is InChI=1S/C13H19N5O/c1-16(2)8-9-18(13(19)17(3)4)12-7-5-6-11(10-14)15-12/h5-7H,8-9H2,1-4H3. The molecule has 0 radical (unpaired) electrons. The Morgan fingerprint density at radius 3 is 2.47 bits per heavy atom. The molecule has 0 spiro atoms. The summed E-state index contributed by atoms with van der Waals surface area (Å²) >= 11 is 0. The zero-order chi connectivity index (χ0) is 14.4. The molecule has 0 aliphatic heterocycles. The summed E-state index contributed by atoms with van der Waals surface area (Å²) < 4.78 is 0. The maximum absolute atomic E-state index is 12.2. The normalized spacial score (nSPS) is 10.1. The van der Waals surface area contributed by atoms with E-state index in [0.29, 0.717) is 18.1 Å². The van der Waals surface area contributed by atoms with Gasteiger partial charge in [0.25, 0.3) is 0 Å². The lowest BCUT2D eigenvalue weighted by molar-refractivity contribution is 0.222. The van der Waals surface area contributed by atoms with Crippen molar-refractivity contribution in [2.24, 2.45) is 0 Å². The largest absolute Gasteiger partial charge is 0.330 e. The zero-order valence-electron chi connectivity index (χ0n) is 11.8. The van der Waals surface area contributed by atoms with E-state index in [9.17, 15) is 4.79 Å². The first-order valence-electron chi connectivity index (χ1n) is 5.96. The quantitative estimate of drug-likeness (QED) is 0.811. The van der Waals surface area contributed by atoms with Gasteiger partial charge in [-0.2, -0.15) is 5.26 Å². The van der Waals surface area contributed by atoms with Crippen molar-refractivity contribution < 1.29 is 4.79 Å². The Bertz CT molecular complexity index is 478. The third-order valence-electron chi connectivity index (χ3n) is 2.51. The van der Waals surface area contributed by atoms with Crippen LogP contribution in [0.2, 0.25) is 0 Å². The van der Waals surface area contributed by atoms with Gasteiger partial charge >= 0.3 is 6.03 Å². The van der Waals surface area contributed by atoms with Gasteiger partial charge in [0.1, 0.15) is 17.6 Å². The van der Waals surface area contributed by atoms with Crippen molar-refractivity contribution in [1.29, 1.82) is 5.26 Å².